The van der Waals surface area contributed by atoms with Gasteiger partial charge in [-0.2, -0.15) is 4.31 Å². The fourth-order valence-corrected chi connectivity index (χ4v) is 6.78. The highest BCUT2D eigenvalue weighted by Crippen LogP contribution is 2.36. The monoisotopic (exact) mass is 454 g/mol. The van der Waals surface area contributed by atoms with Gasteiger partial charge in [-0.3, -0.25) is 9.78 Å². The number of rotatable bonds is 4. The zero-order chi connectivity index (χ0) is 21.9. The van der Waals surface area contributed by atoms with Gasteiger partial charge in [0.15, 0.2) is 5.52 Å². The lowest BCUT2D eigenvalue weighted by Gasteiger charge is -2.39. The summed E-state index contributed by atoms with van der Waals surface area (Å²) < 4.78 is 32.1. The normalized spacial score (nSPS) is 24.1. The molecule has 0 saturated carbocycles. The van der Waals surface area contributed by atoms with Crippen molar-refractivity contribution in [3.05, 3.63) is 42.7 Å². The molecule has 2 atom stereocenters. The number of anilines is 1. The number of likely N-dealkylation sites (tertiary alicyclic amines) is 1. The standard InChI is InChI=1S/C21H22N6O4S/c28-21(26-10-14-8-25(9-15(14)11-26)17-4-6-22-7-5-17)16-12-27(13-16)32(29,30)19-3-1-2-18-20(19)24-31-23-18/h1-7,14-16H,8-13H2. The second kappa shape index (κ2) is 7.24. The van der Waals surface area contributed by atoms with Crippen LogP contribution in [0.5, 0.6) is 0 Å². The molecule has 32 heavy (non-hydrogen) atoms. The van der Waals surface area contributed by atoms with Crippen LogP contribution in [0.25, 0.3) is 11.0 Å². The van der Waals surface area contributed by atoms with Crippen LogP contribution in [0.15, 0.2) is 52.3 Å². The second-order valence-corrected chi connectivity index (χ2v) is 10.7. The molecule has 3 aliphatic heterocycles. The van der Waals surface area contributed by atoms with Crippen molar-refractivity contribution < 1.29 is 17.8 Å². The third-order valence-electron chi connectivity index (χ3n) is 6.89. The smallest absolute Gasteiger partial charge is 0.245 e. The van der Waals surface area contributed by atoms with Crippen LogP contribution in [0.4, 0.5) is 5.69 Å². The highest BCUT2D eigenvalue weighted by Gasteiger charge is 2.47. The molecule has 6 rings (SSSR count). The summed E-state index contributed by atoms with van der Waals surface area (Å²) in [6.45, 7) is 3.71. The predicted octanol–water partition coefficient (Wildman–Crippen LogP) is 0.833. The number of benzene rings is 1. The van der Waals surface area contributed by atoms with Gasteiger partial charge in [-0.25, -0.2) is 13.0 Å². The van der Waals surface area contributed by atoms with Crippen molar-refractivity contribution in [3.63, 3.8) is 0 Å². The van der Waals surface area contributed by atoms with Crippen molar-refractivity contribution in [2.75, 3.05) is 44.2 Å². The minimum Gasteiger partial charge on any atom is -0.371 e. The van der Waals surface area contributed by atoms with E-state index in [1.165, 1.54) is 16.1 Å². The third-order valence-corrected chi connectivity index (χ3v) is 8.75. The molecule has 0 radical (unpaired) electrons. The molecule has 0 aliphatic carbocycles. The summed E-state index contributed by atoms with van der Waals surface area (Å²) in [6, 6.07) is 8.78. The largest absolute Gasteiger partial charge is 0.371 e. The van der Waals surface area contributed by atoms with E-state index in [2.05, 4.69) is 24.8 Å². The van der Waals surface area contributed by atoms with Crippen molar-refractivity contribution in [2.24, 2.45) is 17.8 Å². The number of aromatic nitrogens is 3. The van der Waals surface area contributed by atoms with Gasteiger partial charge in [0.1, 0.15) is 10.4 Å². The molecule has 11 heteroatoms. The van der Waals surface area contributed by atoms with Crippen LogP contribution in [0.1, 0.15) is 0 Å². The zero-order valence-corrected chi connectivity index (χ0v) is 18.1. The molecule has 3 aliphatic rings. The summed E-state index contributed by atoms with van der Waals surface area (Å²) in [6.07, 6.45) is 3.60. The average Bonchev–Trinajstić information content (AvgIpc) is 3.47. The lowest BCUT2D eigenvalue weighted by atomic mass is 10.0. The maximum Gasteiger partial charge on any atom is 0.245 e. The summed E-state index contributed by atoms with van der Waals surface area (Å²) in [4.78, 5) is 21.5. The number of amides is 1. The highest BCUT2D eigenvalue weighted by molar-refractivity contribution is 7.89. The van der Waals surface area contributed by atoms with Gasteiger partial charge in [0.05, 0.1) is 5.92 Å². The van der Waals surface area contributed by atoms with Crippen molar-refractivity contribution in [3.8, 4) is 0 Å². The Labute approximate surface area is 184 Å². The van der Waals surface area contributed by atoms with Crippen molar-refractivity contribution in [2.45, 2.75) is 4.90 Å². The van der Waals surface area contributed by atoms with Gasteiger partial charge >= 0.3 is 0 Å². The molecular weight excluding hydrogens is 432 g/mol. The zero-order valence-electron chi connectivity index (χ0n) is 17.2. The lowest BCUT2D eigenvalue weighted by Crippen LogP contribution is -2.56. The fraction of sp³-hybridized carbons (Fsp3) is 0.429. The molecule has 3 fully saturated rings. The van der Waals surface area contributed by atoms with E-state index in [1.807, 2.05) is 17.0 Å². The number of nitrogens with zero attached hydrogens (tertiary/aromatic N) is 6. The Morgan fingerprint density at radius 2 is 1.66 bits per heavy atom. The van der Waals surface area contributed by atoms with E-state index in [-0.39, 0.29) is 35.3 Å². The molecule has 3 saturated heterocycles. The molecule has 10 nitrogen and oxygen atoms in total. The van der Waals surface area contributed by atoms with E-state index in [4.69, 9.17) is 0 Å². The van der Waals surface area contributed by atoms with Crippen LogP contribution < -0.4 is 4.90 Å². The summed E-state index contributed by atoms with van der Waals surface area (Å²) in [7, 11) is -3.75. The summed E-state index contributed by atoms with van der Waals surface area (Å²) in [5, 5.41) is 7.44. The highest BCUT2D eigenvalue weighted by atomic mass is 32.2. The van der Waals surface area contributed by atoms with E-state index < -0.39 is 10.0 Å². The first-order valence-corrected chi connectivity index (χ1v) is 12.1. The molecule has 0 spiro atoms. The number of hydrogen-bond donors (Lipinski definition) is 0. The molecule has 2 aromatic heterocycles. The Balaban J connectivity index is 1.08. The van der Waals surface area contributed by atoms with Crippen LogP contribution in [0.2, 0.25) is 0 Å². The van der Waals surface area contributed by atoms with Gasteiger partial charge < -0.3 is 9.80 Å². The van der Waals surface area contributed by atoms with Gasteiger partial charge in [-0.1, -0.05) is 6.07 Å². The first-order valence-electron chi connectivity index (χ1n) is 10.7. The van der Waals surface area contributed by atoms with E-state index in [0.717, 1.165) is 26.2 Å². The van der Waals surface area contributed by atoms with Crippen molar-refractivity contribution in [1.82, 2.24) is 24.5 Å². The maximum atomic E-state index is 13.0. The molecule has 5 heterocycles. The number of pyridine rings is 1. The molecule has 2 unspecified atom stereocenters. The molecule has 1 aromatic carbocycles. The van der Waals surface area contributed by atoms with Gasteiger partial charge in [-0.15, -0.1) is 0 Å². The number of carbonyl (C=O) groups excluding carboxylic acids is 1. The minimum atomic E-state index is -3.75. The molecular formula is C21H22N6O4S. The third kappa shape index (κ3) is 3.06. The summed E-state index contributed by atoms with van der Waals surface area (Å²) in [5.41, 5.74) is 1.78. The SMILES string of the molecule is O=C(C1CN(S(=O)(=O)c2cccc3nonc23)C1)N1CC2CN(c3ccncc3)CC2C1. The Kier molecular flexibility index (Phi) is 4.44. The molecule has 0 bridgehead atoms. The van der Waals surface area contributed by atoms with Crippen LogP contribution in [-0.2, 0) is 14.8 Å². The Hall–Kier alpha value is -3.05. The van der Waals surface area contributed by atoms with E-state index in [0.29, 0.717) is 17.4 Å². The topological polar surface area (TPSA) is 113 Å². The Morgan fingerprint density at radius 3 is 2.38 bits per heavy atom. The quantitative estimate of drug-likeness (QED) is 0.570. The summed E-state index contributed by atoms with van der Waals surface area (Å²) in [5.74, 6) is 0.658. The van der Waals surface area contributed by atoms with Crippen LogP contribution in [-0.4, -0.2) is 78.1 Å². The summed E-state index contributed by atoms with van der Waals surface area (Å²) >= 11 is 0. The Bertz CT molecular complexity index is 1260. The van der Waals surface area contributed by atoms with Gasteiger partial charge in [0.25, 0.3) is 0 Å². The first-order chi connectivity index (χ1) is 15.5. The average molecular weight is 455 g/mol. The van der Waals surface area contributed by atoms with Gasteiger partial charge in [0.2, 0.25) is 15.9 Å². The Morgan fingerprint density at radius 1 is 0.938 bits per heavy atom. The maximum absolute atomic E-state index is 13.0. The van der Waals surface area contributed by atoms with Gasteiger partial charge in [-0.05, 0) is 34.6 Å². The number of fused-ring (bicyclic) bond motifs is 2. The molecule has 1 amide bonds. The number of hydrogen-bond acceptors (Lipinski definition) is 8. The fourth-order valence-electron chi connectivity index (χ4n) is 5.12. The second-order valence-electron chi connectivity index (χ2n) is 8.78. The minimum absolute atomic E-state index is 0.0580. The van der Waals surface area contributed by atoms with E-state index in [9.17, 15) is 13.2 Å². The molecule has 3 aromatic rings. The number of sulfonamides is 1. The molecule has 0 N–H and O–H groups in total. The molecule has 166 valence electrons. The van der Waals surface area contributed by atoms with Crippen LogP contribution in [0, 0.1) is 17.8 Å². The number of carbonyl (C=O) groups is 1. The first kappa shape index (κ1) is 19.6. The van der Waals surface area contributed by atoms with Crippen LogP contribution in [0.3, 0.4) is 0 Å². The van der Waals surface area contributed by atoms with E-state index in [1.54, 1.807) is 24.5 Å². The lowest BCUT2D eigenvalue weighted by molar-refractivity contribution is -0.138. The van der Waals surface area contributed by atoms with Crippen molar-refractivity contribution in [1.29, 1.82) is 0 Å². The van der Waals surface area contributed by atoms with E-state index >= 15 is 0 Å². The van der Waals surface area contributed by atoms with Crippen LogP contribution >= 0.6 is 0 Å². The van der Waals surface area contributed by atoms with Crippen molar-refractivity contribution >= 4 is 32.7 Å². The predicted molar refractivity (Wildman–Crippen MR) is 114 cm³/mol. The van der Waals surface area contributed by atoms with Gasteiger partial charge in [0, 0.05) is 69.2 Å².